The number of benzene rings is 1. The summed E-state index contributed by atoms with van der Waals surface area (Å²) in [5.74, 6) is 2.06. The highest BCUT2D eigenvalue weighted by Crippen LogP contribution is 2.41. The van der Waals surface area contributed by atoms with Gasteiger partial charge in [0.15, 0.2) is 11.6 Å². The molecule has 0 radical (unpaired) electrons. The molecule has 146 valence electrons. The van der Waals surface area contributed by atoms with E-state index in [-0.39, 0.29) is 17.2 Å². The molecule has 0 N–H and O–H groups in total. The smallest absolute Gasteiger partial charge is 0.165 e. The van der Waals surface area contributed by atoms with Gasteiger partial charge in [-0.05, 0) is 37.5 Å². The second-order valence-electron chi connectivity index (χ2n) is 7.75. The molecule has 3 aliphatic rings. The summed E-state index contributed by atoms with van der Waals surface area (Å²) in [6.45, 7) is 3.86. The van der Waals surface area contributed by atoms with Crippen molar-refractivity contribution in [2.75, 3.05) is 29.5 Å². The van der Waals surface area contributed by atoms with Gasteiger partial charge < -0.3 is 9.64 Å². The Balaban J connectivity index is 1.45. The van der Waals surface area contributed by atoms with E-state index < -0.39 is 10.8 Å². The maximum absolute atomic E-state index is 14.4. The molecule has 28 heavy (non-hydrogen) atoms. The zero-order chi connectivity index (χ0) is 19.3. The lowest BCUT2D eigenvalue weighted by molar-refractivity contribution is 0.191. The predicted molar refractivity (Wildman–Crippen MR) is 106 cm³/mol. The Morgan fingerprint density at radius 3 is 2.71 bits per heavy atom. The minimum Gasteiger partial charge on any atom is -0.484 e. The van der Waals surface area contributed by atoms with E-state index in [0.717, 1.165) is 35.5 Å². The maximum Gasteiger partial charge on any atom is 0.165 e. The summed E-state index contributed by atoms with van der Waals surface area (Å²) in [7, 11) is -0.738. The Hall–Kier alpha value is -2.35. The van der Waals surface area contributed by atoms with Gasteiger partial charge in [-0.3, -0.25) is 9.20 Å². The fourth-order valence-electron chi connectivity index (χ4n) is 3.55. The average Bonchev–Trinajstić information content (AvgIpc) is 3.28. The first-order valence-corrected chi connectivity index (χ1v) is 11.0. The standard InChI is InChI=1S/C20H21FN4O2S/c1-20(2-3-20)27-17-9-14-13(8-15(17)21)11-22-19(14)16-10-18(24-12-23-16)25-4-6-28(26)7-5-25/h8-10,12H,2-7,11H2,1H3. The van der Waals surface area contributed by atoms with Crippen LogP contribution in [-0.4, -0.2) is 50.1 Å². The summed E-state index contributed by atoms with van der Waals surface area (Å²) >= 11 is 0. The lowest BCUT2D eigenvalue weighted by atomic mass is 10.0. The quantitative estimate of drug-likeness (QED) is 0.789. The van der Waals surface area contributed by atoms with E-state index in [4.69, 9.17) is 4.74 Å². The van der Waals surface area contributed by atoms with Crippen LogP contribution in [0.25, 0.3) is 0 Å². The van der Waals surface area contributed by atoms with Gasteiger partial charge in [-0.1, -0.05) is 0 Å². The largest absolute Gasteiger partial charge is 0.484 e. The van der Waals surface area contributed by atoms with Crippen LogP contribution in [0.2, 0.25) is 0 Å². The number of nitrogens with zero attached hydrogens (tertiary/aromatic N) is 4. The van der Waals surface area contributed by atoms with Crippen molar-refractivity contribution in [1.29, 1.82) is 0 Å². The highest BCUT2D eigenvalue weighted by atomic mass is 32.2. The minimum absolute atomic E-state index is 0.249. The molecule has 2 aliphatic heterocycles. The molecule has 0 amide bonds. The van der Waals surface area contributed by atoms with E-state index in [0.29, 0.717) is 36.8 Å². The SMILES string of the molecule is CC1(Oc2cc3c(cc2F)CN=C3c2cc(N3CCS(=O)CC3)ncn2)CC1. The number of aromatic nitrogens is 2. The Kier molecular flexibility index (Phi) is 4.19. The molecule has 1 aromatic carbocycles. The number of hydrogen-bond acceptors (Lipinski definition) is 6. The van der Waals surface area contributed by atoms with Crippen molar-refractivity contribution in [2.45, 2.75) is 31.9 Å². The molecular weight excluding hydrogens is 379 g/mol. The molecule has 6 nitrogen and oxygen atoms in total. The number of anilines is 1. The molecule has 1 saturated carbocycles. The Labute approximate surface area is 165 Å². The molecule has 0 atom stereocenters. The molecule has 1 saturated heterocycles. The fourth-order valence-corrected chi connectivity index (χ4v) is 4.60. The Bertz CT molecular complexity index is 996. The van der Waals surface area contributed by atoms with Crippen molar-refractivity contribution in [3.05, 3.63) is 47.2 Å². The van der Waals surface area contributed by atoms with Gasteiger partial charge in [0, 0.05) is 47.0 Å². The summed E-state index contributed by atoms with van der Waals surface area (Å²) in [6.07, 6.45) is 3.42. The van der Waals surface area contributed by atoms with Gasteiger partial charge in [-0.2, -0.15) is 0 Å². The summed E-state index contributed by atoms with van der Waals surface area (Å²) in [5, 5.41) is 0. The van der Waals surface area contributed by atoms with E-state index in [9.17, 15) is 8.60 Å². The van der Waals surface area contributed by atoms with Crippen molar-refractivity contribution in [3.63, 3.8) is 0 Å². The number of aliphatic imine (C=N–C) groups is 1. The highest BCUT2D eigenvalue weighted by molar-refractivity contribution is 7.85. The van der Waals surface area contributed by atoms with Gasteiger partial charge >= 0.3 is 0 Å². The highest BCUT2D eigenvalue weighted by Gasteiger charge is 2.41. The number of rotatable bonds is 4. The van der Waals surface area contributed by atoms with Gasteiger partial charge in [0.05, 0.1) is 18.0 Å². The monoisotopic (exact) mass is 400 g/mol. The van der Waals surface area contributed by atoms with Crippen LogP contribution in [0, 0.1) is 5.82 Å². The van der Waals surface area contributed by atoms with Crippen molar-refractivity contribution in [1.82, 2.24) is 9.97 Å². The van der Waals surface area contributed by atoms with Crippen molar-refractivity contribution >= 4 is 22.3 Å². The number of halogens is 1. The predicted octanol–water partition coefficient (Wildman–Crippen LogP) is 2.47. The van der Waals surface area contributed by atoms with Crippen molar-refractivity contribution in [3.8, 4) is 5.75 Å². The molecule has 0 spiro atoms. The molecule has 2 fully saturated rings. The lowest BCUT2D eigenvalue weighted by Gasteiger charge is -2.27. The molecule has 0 unspecified atom stereocenters. The summed E-state index contributed by atoms with van der Waals surface area (Å²) < 4.78 is 31.9. The van der Waals surface area contributed by atoms with Crippen molar-refractivity contribution in [2.24, 2.45) is 4.99 Å². The van der Waals surface area contributed by atoms with Crippen LogP contribution < -0.4 is 9.64 Å². The van der Waals surface area contributed by atoms with E-state index in [1.807, 2.05) is 13.0 Å². The minimum atomic E-state index is -0.738. The summed E-state index contributed by atoms with van der Waals surface area (Å²) in [4.78, 5) is 15.5. The second-order valence-corrected chi connectivity index (χ2v) is 9.45. The third kappa shape index (κ3) is 3.30. The zero-order valence-corrected chi connectivity index (χ0v) is 16.5. The second kappa shape index (κ2) is 6.62. The normalized spacial score (nSPS) is 20.6. The van der Waals surface area contributed by atoms with Crippen molar-refractivity contribution < 1.29 is 13.3 Å². The molecule has 1 aromatic heterocycles. The molecule has 5 rings (SSSR count). The van der Waals surface area contributed by atoms with Crippen LogP contribution in [0.4, 0.5) is 10.2 Å². The zero-order valence-electron chi connectivity index (χ0n) is 15.7. The fraction of sp³-hybridized carbons (Fsp3) is 0.450. The van der Waals surface area contributed by atoms with Gasteiger partial charge in [0.2, 0.25) is 0 Å². The van der Waals surface area contributed by atoms with Crippen LogP contribution in [0.1, 0.15) is 36.6 Å². The maximum atomic E-state index is 14.4. The molecule has 2 aromatic rings. The molecule has 0 bridgehead atoms. The van der Waals surface area contributed by atoms with E-state index >= 15 is 0 Å². The van der Waals surface area contributed by atoms with Gasteiger partial charge in [-0.15, -0.1) is 0 Å². The van der Waals surface area contributed by atoms with Crippen LogP contribution in [-0.2, 0) is 17.3 Å². The lowest BCUT2D eigenvalue weighted by Crippen LogP contribution is -2.38. The Morgan fingerprint density at radius 2 is 1.96 bits per heavy atom. The Morgan fingerprint density at radius 1 is 1.18 bits per heavy atom. The first-order chi connectivity index (χ1) is 13.5. The summed E-state index contributed by atoms with van der Waals surface area (Å²) in [5.41, 5.74) is 2.91. The first kappa shape index (κ1) is 17.7. The van der Waals surface area contributed by atoms with Crippen LogP contribution in [0.5, 0.6) is 5.75 Å². The summed E-state index contributed by atoms with van der Waals surface area (Å²) in [6, 6.07) is 5.19. The van der Waals surface area contributed by atoms with E-state index in [1.165, 1.54) is 12.4 Å². The first-order valence-electron chi connectivity index (χ1n) is 9.49. The number of fused-ring (bicyclic) bond motifs is 1. The third-order valence-corrected chi connectivity index (χ3v) is 6.80. The van der Waals surface area contributed by atoms with Gasteiger partial charge in [-0.25, -0.2) is 14.4 Å². The van der Waals surface area contributed by atoms with Gasteiger partial charge in [0.25, 0.3) is 0 Å². The van der Waals surface area contributed by atoms with E-state index in [1.54, 1.807) is 6.07 Å². The number of ether oxygens (including phenoxy) is 1. The van der Waals surface area contributed by atoms with Crippen LogP contribution >= 0.6 is 0 Å². The average molecular weight is 400 g/mol. The van der Waals surface area contributed by atoms with E-state index in [2.05, 4.69) is 19.9 Å². The van der Waals surface area contributed by atoms with Crippen LogP contribution in [0.3, 0.4) is 0 Å². The molecule has 3 heterocycles. The topological polar surface area (TPSA) is 67.7 Å². The third-order valence-electron chi connectivity index (χ3n) is 5.53. The molecular formula is C20H21FN4O2S. The molecule has 8 heteroatoms. The number of hydrogen-bond donors (Lipinski definition) is 0. The van der Waals surface area contributed by atoms with Crippen LogP contribution in [0.15, 0.2) is 29.5 Å². The molecule has 1 aliphatic carbocycles. The van der Waals surface area contributed by atoms with Gasteiger partial charge in [0.1, 0.15) is 17.7 Å².